The summed E-state index contributed by atoms with van der Waals surface area (Å²) < 4.78 is 81.4. The number of amides is 1. The van der Waals surface area contributed by atoms with Gasteiger partial charge < -0.3 is 9.80 Å². The zero-order valence-corrected chi connectivity index (χ0v) is 19.7. The van der Waals surface area contributed by atoms with Crippen LogP contribution in [0.4, 0.5) is 33.5 Å². The van der Waals surface area contributed by atoms with E-state index in [1.807, 2.05) is 0 Å². The number of alkyl halides is 3. The molecule has 1 aromatic heterocycles. The van der Waals surface area contributed by atoms with Crippen LogP contribution < -0.4 is 9.80 Å². The van der Waals surface area contributed by atoms with Gasteiger partial charge in [-0.15, -0.1) is 0 Å². The first-order valence-corrected chi connectivity index (χ1v) is 11.7. The minimum absolute atomic E-state index is 0.0673. The van der Waals surface area contributed by atoms with Crippen LogP contribution in [0.5, 0.6) is 0 Å². The number of nitriles is 1. The van der Waals surface area contributed by atoms with Crippen LogP contribution in [0.1, 0.15) is 30.7 Å². The number of aryl methyl sites for hydroxylation is 1. The van der Waals surface area contributed by atoms with Gasteiger partial charge in [0, 0.05) is 28.6 Å². The van der Waals surface area contributed by atoms with Crippen LogP contribution in [0, 0.1) is 29.9 Å². The van der Waals surface area contributed by atoms with Crippen molar-refractivity contribution in [2.24, 2.45) is 0 Å². The molecule has 2 heterocycles. The van der Waals surface area contributed by atoms with Gasteiger partial charge in [-0.05, 0) is 32.9 Å². The Labute approximate surface area is 199 Å². The molecule has 1 unspecified atom stereocenters. The molecule has 2 aromatic rings. The normalized spacial score (nSPS) is 18.3. The van der Waals surface area contributed by atoms with E-state index in [9.17, 15) is 36.2 Å². The van der Waals surface area contributed by atoms with E-state index in [-0.39, 0.29) is 23.0 Å². The van der Waals surface area contributed by atoms with Crippen LogP contribution >= 0.6 is 11.6 Å². The van der Waals surface area contributed by atoms with Gasteiger partial charge >= 0.3 is 6.18 Å². The second-order valence-electron chi connectivity index (χ2n) is 7.86. The molecule has 0 N–H and O–H groups in total. The van der Waals surface area contributed by atoms with E-state index in [0.717, 1.165) is 15.9 Å². The van der Waals surface area contributed by atoms with Crippen LogP contribution in [0.15, 0.2) is 18.2 Å². The van der Waals surface area contributed by atoms with Crippen LogP contribution in [0.3, 0.4) is 0 Å². The second-order valence-corrected chi connectivity index (χ2v) is 9.74. The predicted molar refractivity (Wildman–Crippen MR) is 117 cm³/mol. The Hall–Kier alpha value is -2.78. The number of carbonyl (C=O) groups is 1. The average Bonchev–Trinajstić information content (AvgIpc) is 3.12. The number of nitrogens with zero attached hydrogens (tertiary/aromatic N) is 4. The molecule has 1 amide bonds. The molecule has 1 saturated heterocycles. The highest BCUT2D eigenvalue weighted by Crippen LogP contribution is 2.38. The van der Waals surface area contributed by atoms with E-state index in [2.05, 4.69) is 4.98 Å². The van der Waals surface area contributed by atoms with Gasteiger partial charge in [-0.25, -0.2) is 13.8 Å². The monoisotopic (exact) mass is 520 g/mol. The summed E-state index contributed by atoms with van der Waals surface area (Å²) >= 11 is 5.77. The molecule has 0 spiro atoms. The quantitative estimate of drug-likeness (QED) is 0.437. The lowest BCUT2D eigenvalue weighted by Gasteiger charge is -2.33. The Morgan fingerprint density at radius 1 is 1.29 bits per heavy atom. The lowest BCUT2D eigenvalue weighted by molar-refractivity contribution is -0.137. The predicted octanol–water partition coefficient (Wildman–Crippen LogP) is 4.55. The summed E-state index contributed by atoms with van der Waals surface area (Å²) in [6, 6.07) is 1.62. The van der Waals surface area contributed by atoms with E-state index in [4.69, 9.17) is 11.6 Å². The smallest absolute Gasteiger partial charge is 0.331 e. The molecule has 6 nitrogen and oxygen atoms in total. The molecule has 0 saturated carbocycles. The van der Waals surface area contributed by atoms with Crippen molar-refractivity contribution in [3.63, 3.8) is 0 Å². The fourth-order valence-corrected chi connectivity index (χ4v) is 5.23. The van der Waals surface area contributed by atoms with Crippen LogP contribution in [-0.2, 0) is 21.8 Å². The minimum atomic E-state index is -4.87. The Balaban J connectivity index is 2.14. The van der Waals surface area contributed by atoms with Crippen molar-refractivity contribution in [2.75, 3.05) is 21.4 Å². The lowest BCUT2D eigenvalue weighted by Crippen LogP contribution is -2.50. The van der Waals surface area contributed by atoms with Gasteiger partial charge in [-0.3, -0.25) is 9.00 Å². The third-order valence-electron chi connectivity index (χ3n) is 5.11. The molecule has 182 valence electrons. The molecular weight excluding hydrogens is 503 g/mol. The van der Waals surface area contributed by atoms with Crippen molar-refractivity contribution in [1.29, 1.82) is 5.26 Å². The van der Waals surface area contributed by atoms with Gasteiger partial charge in [0.1, 0.15) is 35.1 Å². The van der Waals surface area contributed by atoms with Crippen molar-refractivity contribution >= 4 is 39.8 Å². The Morgan fingerprint density at radius 2 is 1.94 bits per heavy atom. The molecule has 2 atom stereocenters. The summed E-state index contributed by atoms with van der Waals surface area (Å²) in [5.41, 5.74) is -2.47. The number of aromatic nitrogens is 1. The van der Waals surface area contributed by atoms with E-state index in [1.54, 1.807) is 0 Å². The van der Waals surface area contributed by atoms with Crippen LogP contribution in [0.25, 0.3) is 0 Å². The third-order valence-corrected chi connectivity index (χ3v) is 6.65. The zero-order chi connectivity index (χ0) is 25.5. The number of carbonyl (C=O) groups excluding carboxylic acids is 1. The van der Waals surface area contributed by atoms with E-state index in [0.29, 0.717) is 12.1 Å². The van der Waals surface area contributed by atoms with Crippen molar-refractivity contribution in [1.82, 2.24) is 4.98 Å². The number of hydrogen-bond acceptors (Lipinski definition) is 5. The Bertz CT molecular complexity index is 1220. The Kier molecular flexibility index (Phi) is 7.19. The Morgan fingerprint density at radius 3 is 2.50 bits per heavy atom. The lowest BCUT2D eigenvalue weighted by atomic mass is 10.1. The number of halogens is 6. The molecule has 34 heavy (non-hydrogen) atoms. The first kappa shape index (κ1) is 25.8. The first-order valence-electron chi connectivity index (χ1n) is 9.84. The van der Waals surface area contributed by atoms with Crippen molar-refractivity contribution in [3.8, 4) is 6.07 Å². The molecule has 1 aliphatic heterocycles. The molecule has 0 aliphatic carbocycles. The molecule has 1 aliphatic rings. The first-order chi connectivity index (χ1) is 15.8. The molecule has 0 bridgehead atoms. The second kappa shape index (κ2) is 9.46. The van der Waals surface area contributed by atoms with E-state index in [1.165, 1.54) is 26.8 Å². The van der Waals surface area contributed by atoms with E-state index < -0.39 is 68.6 Å². The van der Waals surface area contributed by atoms with E-state index >= 15 is 0 Å². The summed E-state index contributed by atoms with van der Waals surface area (Å²) in [6.45, 7) is 4.37. The van der Waals surface area contributed by atoms with Gasteiger partial charge in [0.2, 0.25) is 0 Å². The molecule has 1 aromatic carbocycles. The number of anilines is 2. The number of benzene rings is 1. The topological polar surface area (TPSA) is 77.3 Å². The fraction of sp³-hybridized carbons (Fsp3) is 0.381. The summed E-state index contributed by atoms with van der Waals surface area (Å²) in [7, 11) is -1.68. The third kappa shape index (κ3) is 4.86. The van der Waals surface area contributed by atoms with Gasteiger partial charge in [-0.2, -0.15) is 18.4 Å². The summed E-state index contributed by atoms with van der Waals surface area (Å²) in [6.07, 6.45) is -4.87. The van der Waals surface area contributed by atoms with Crippen molar-refractivity contribution in [2.45, 2.75) is 39.0 Å². The number of pyridine rings is 1. The van der Waals surface area contributed by atoms with Gasteiger partial charge in [0.25, 0.3) is 5.91 Å². The highest BCUT2D eigenvalue weighted by atomic mass is 35.5. The van der Waals surface area contributed by atoms with Crippen molar-refractivity contribution < 1.29 is 31.0 Å². The van der Waals surface area contributed by atoms with Crippen molar-refractivity contribution in [3.05, 3.63) is 51.7 Å². The largest absolute Gasteiger partial charge is 0.417 e. The standard InChI is InChI=1S/C21H18ClF5N4O2S/c1-10(2)31(17-5-14(22)15(23)6-16(17)24)20(32)18-8-34(33)9-30(18)19-12(7-28)13(21(25,26)27)4-11(3)29-19/h4-6,10,18H,8-9H2,1-3H3/t18-,34?/m0/s1. The summed E-state index contributed by atoms with van der Waals surface area (Å²) in [5, 5.41) is 9.04. The van der Waals surface area contributed by atoms with Gasteiger partial charge in [0.05, 0.1) is 27.9 Å². The highest BCUT2D eigenvalue weighted by Gasteiger charge is 2.43. The van der Waals surface area contributed by atoms with Gasteiger partial charge in [0.15, 0.2) is 0 Å². The average molecular weight is 521 g/mol. The maximum Gasteiger partial charge on any atom is 0.417 e. The number of hydrogen-bond donors (Lipinski definition) is 0. The van der Waals surface area contributed by atoms with Crippen LogP contribution in [-0.4, -0.2) is 38.8 Å². The van der Waals surface area contributed by atoms with Crippen LogP contribution in [0.2, 0.25) is 5.02 Å². The molecule has 1 fully saturated rings. The SMILES string of the molecule is Cc1cc(C(F)(F)F)c(C#N)c(N2CS(=O)C[C@H]2C(=O)N(c2cc(Cl)c(F)cc2F)C(C)C)n1. The maximum atomic E-state index is 14.6. The molecule has 0 radical (unpaired) electrons. The zero-order valence-electron chi connectivity index (χ0n) is 18.1. The molecule has 13 heteroatoms. The maximum absolute atomic E-state index is 14.6. The number of rotatable bonds is 4. The molecule has 3 rings (SSSR count). The minimum Gasteiger partial charge on any atom is -0.331 e. The summed E-state index contributed by atoms with van der Waals surface area (Å²) in [4.78, 5) is 19.6. The fourth-order valence-electron chi connectivity index (χ4n) is 3.68. The summed E-state index contributed by atoms with van der Waals surface area (Å²) in [5.74, 6) is -4.04. The molecular formula is C21H18ClF5N4O2S. The van der Waals surface area contributed by atoms with Gasteiger partial charge in [-0.1, -0.05) is 11.6 Å². The highest BCUT2D eigenvalue weighted by molar-refractivity contribution is 7.85.